The fourth-order valence-electron chi connectivity index (χ4n) is 1.53. The van der Waals surface area contributed by atoms with Crippen LogP contribution in [0.4, 0.5) is 10.1 Å². The summed E-state index contributed by atoms with van der Waals surface area (Å²) in [6, 6.07) is 6.10. The number of pyridine rings is 1. The molecule has 0 fully saturated rings. The number of hydrogen-bond donors (Lipinski definition) is 2. The smallest absolute Gasteiger partial charge is 0.338 e. The first-order chi connectivity index (χ1) is 9.49. The molecule has 0 spiro atoms. The number of carbonyl (C=O) groups is 2. The lowest BCUT2D eigenvalue weighted by molar-refractivity contribution is 0.0691. The molecule has 1 aromatic heterocycles. The quantitative estimate of drug-likeness (QED) is 0.912. The van der Waals surface area contributed by atoms with Gasteiger partial charge in [0, 0.05) is 6.20 Å². The Hall–Kier alpha value is -2.47. The molecule has 0 radical (unpaired) electrons. The molecule has 5 nitrogen and oxygen atoms in total. The largest absolute Gasteiger partial charge is 0.478 e. The molecule has 0 aliphatic rings. The first kappa shape index (κ1) is 14.0. The van der Waals surface area contributed by atoms with Gasteiger partial charge in [0.15, 0.2) is 0 Å². The Labute approximate surface area is 118 Å². The number of carboxylic acid groups (broad SMARTS) is 1. The highest BCUT2D eigenvalue weighted by Gasteiger charge is 2.18. The zero-order valence-corrected chi connectivity index (χ0v) is 10.7. The van der Waals surface area contributed by atoms with E-state index in [9.17, 15) is 14.0 Å². The van der Waals surface area contributed by atoms with Gasteiger partial charge in [-0.05, 0) is 30.3 Å². The van der Waals surface area contributed by atoms with Crippen LogP contribution in [0, 0.1) is 5.82 Å². The predicted octanol–water partition coefficient (Wildman–Crippen LogP) is 2.82. The fraction of sp³-hybridized carbons (Fsp3) is 0. The molecule has 2 aromatic rings. The topological polar surface area (TPSA) is 79.3 Å². The van der Waals surface area contributed by atoms with E-state index in [1.165, 1.54) is 24.4 Å². The maximum absolute atomic E-state index is 12.9. The lowest BCUT2D eigenvalue weighted by atomic mass is 10.2. The lowest BCUT2D eigenvalue weighted by Gasteiger charge is -2.08. The third kappa shape index (κ3) is 2.92. The number of anilines is 1. The van der Waals surface area contributed by atoms with Crippen LogP contribution in [0.5, 0.6) is 0 Å². The summed E-state index contributed by atoms with van der Waals surface area (Å²) < 4.78 is 12.9. The van der Waals surface area contributed by atoms with Crippen molar-refractivity contribution in [2.75, 3.05) is 5.32 Å². The number of carbonyl (C=O) groups excluding carboxylic acids is 1. The molecule has 2 N–H and O–H groups in total. The fourth-order valence-corrected chi connectivity index (χ4v) is 1.75. The molecule has 7 heteroatoms. The van der Waals surface area contributed by atoms with Gasteiger partial charge in [0.25, 0.3) is 5.91 Å². The number of amides is 1. The Morgan fingerprint density at radius 1 is 1.30 bits per heavy atom. The van der Waals surface area contributed by atoms with E-state index in [0.29, 0.717) is 0 Å². The van der Waals surface area contributed by atoms with Gasteiger partial charge in [0.2, 0.25) is 0 Å². The number of hydrogen-bond acceptors (Lipinski definition) is 3. The summed E-state index contributed by atoms with van der Waals surface area (Å²) in [5, 5.41) is 11.4. The van der Waals surface area contributed by atoms with E-state index in [-0.39, 0.29) is 22.0 Å². The molecule has 0 aliphatic carbocycles. The number of halogens is 2. The van der Waals surface area contributed by atoms with Gasteiger partial charge in [-0.2, -0.15) is 0 Å². The van der Waals surface area contributed by atoms with Crippen molar-refractivity contribution >= 4 is 29.2 Å². The van der Waals surface area contributed by atoms with Crippen LogP contribution in [-0.4, -0.2) is 22.0 Å². The number of nitrogens with one attached hydrogen (secondary N) is 1. The van der Waals surface area contributed by atoms with Crippen molar-refractivity contribution in [3.63, 3.8) is 0 Å². The summed E-state index contributed by atoms with van der Waals surface area (Å²) in [7, 11) is 0. The minimum Gasteiger partial charge on any atom is -0.478 e. The highest BCUT2D eigenvalue weighted by molar-refractivity contribution is 6.34. The molecule has 102 valence electrons. The van der Waals surface area contributed by atoms with Gasteiger partial charge >= 0.3 is 5.97 Å². The van der Waals surface area contributed by atoms with Crippen LogP contribution in [0.15, 0.2) is 36.5 Å². The summed E-state index contributed by atoms with van der Waals surface area (Å²) in [5.74, 6) is -2.55. The average molecular weight is 295 g/mol. The van der Waals surface area contributed by atoms with Gasteiger partial charge in [-0.3, -0.25) is 9.78 Å². The van der Waals surface area contributed by atoms with Crippen LogP contribution < -0.4 is 5.32 Å². The minimum atomic E-state index is -1.27. The van der Waals surface area contributed by atoms with E-state index >= 15 is 0 Å². The molecule has 0 atom stereocenters. The van der Waals surface area contributed by atoms with Crippen molar-refractivity contribution in [1.82, 2.24) is 4.98 Å². The Kier molecular flexibility index (Phi) is 3.95. The van der Waals surface area contributed by atoms with Crippen molar-refractivity contribution in [2.24, 2.45) is 0 Å². The number of nitrogens with zero attached hydrogens (tertiary/aromatic N) is 1. The van der Waals surface area contributed by atoms with E-state index in [4.69, 9.17) is 16.7 Å². The monoisotopic (exact) mass is 294 g/mol. The third-order valence-electron chi connectivity index (χ3n) is 2.43. The lowest BCUT2D eigenvalue weighted by Crippen LogP contribution is -2.18. The number of benzene rings is 1. The average Bonchev–Trinajstić information content (AvgIpc) is 2.41. The molecule has 0 aliphatic heterocycles. The number of rotatable bonds is 3. The van der Waals surface area contributed by atoms with Gasteiger partial charge < -0.3 is 10.4 Å². The van der Waals surface area contributed by atoms with Gasteiger partial charge in [0.05, 0.1) is 16.3 Å². The SMILES string of the molecule is O=C(O)c1cccnc1C(=O)Nc1ccc(F)cc1Cl. The zero-order chi connectivity index (χ0) is 14.7. The van der Waals surface area contributed by atoms with Crippen LogP contribution in [0.3, 0.4) is 0 Å². The van der Waals surface area contributed by atoms with Gasteiger partial charge in [0.1, 0.15) is 11.5 Å². The first-order valence-electron chi connectivity index (χ1n) is 5.44. The molecule has 20 heavy (non-hydrogen) atoms. The highest BCUT2D eigenvalue weighted by Crippen LogP contribution is 2.23. The Balaban J connectivity index is 2.31. The standard InChI is InChI=1S/C13H8ClFN2O3/c14-9-6-7(15)3-4-10(9)17-12(18)11-8(13(19)20)2-1-5-16-11/h1-6H,(H,17,18)(H,19,20). The molecular formula is C13H8ClFN2O3. The molecule has 0 saturated carbocycles. The number of aromatic nitrogens is 1. The van der Waals surface area contributed by atoms with Crippen molar-refractivity contribution in [1.29, 1.82) is 0 Å². The maximum atomic E-state index is 12.9. The van der Waals surface area contributed by atoms with Crippen LogP contribution in [0.2, 0.25) is 5.02 Å². The molecule has 1 aromatic carbocycles. The van der Waals surface area contributed by atoms with E-state index in [1.54, 1.807) is 0 Å². The van der Waals surface area contributed by atoms with E-state index in [0.717, 1.165) is 12.1 Å². The van der Waals surface area contributed by atoms with Crippen LogP contribution in [-0.2, 0) is 0 Å². The van der Waals surface area contributed by atoms with Gasteiger partial charge in [-0.1, -0.05) is 11.6 Å². The molecule has 1 heterocycles. The Morgan fingerprint density at radius 3 is 2.70 bits per heavy atom. The summed E-state index contributed by atoms with van der Waals surface area (Å²) in [6.07, 6.45) is 1.30. The Bertz CT molecular complexity index is 691. The van der Waals surface area contributed by atoms with Gasteiger partial charge in [-0.15, -0.1) is 0 Å². The summed E-state index contributed by atoms with van der Waals surface area (Å²) in [5.41, 5.74) is -0.316. The van der Waals surface area contributed by atoms with Crippen LogP contribution >= 0.6 is 11.6 Å². The normalized spacial score (nSPS) is 10.1. The van der Waals surface area contributed by atoms with E-state index < -0.39 is 17.7 Å². The highest BCUT2D eigenvalue weighted by atomic mass is 35.5. The predicted molar refractivity (Wildman–Crippen MR) is 70.6 cm³/mol. The van der Waals surface area contributed by atoms with Gasteiger partial charge in [-0.25, -0.2) is 9.18 Å². The third-order valence-corrected chi connectivity index (χ3v) is 2.75. The number of carboxylic acids is 1. The van der Waals surface area contributed by atoms with Crippen LogP contribution in [0.25, 0.3) is 0 Å². The second-order valence-electron chi connectivity index (χ2n) is 3.78. The second-order valence-corrected chi connectivity index (χ2v) is 4.19. The molecule has 0 unspecified atom stereocenters. The van der Waals surface area contributed by atoms with E-state index in [1.807, 2.05) is 0 Å². The van der Waals surface area contributed by atoms with Crippen molar-refractivity contribution in [3.8, 4) is 0 Å². The summed E-state index contributed by atoms with van der Waals surface area (Å²) in [6.45, 7) is 0. The molecule has 0 bridgehead atoms. The molecule has 2 rings (SSSR count). The Morgan fingerprint density at radius 2 is 2.05 bits per heavy atom. The zero-order valence-electron chi connectivity index (χ0n) is 9.93. The number of aromatic carboxylic acids is 1. The van der Waals surface area contributed by atoms with Crippen LogP contribution in [0.1, 0.15) is 20.8 Å². The minimum absolute atomic E-state index is 0.00570. The molecular weight excluding hydrogens is 287 g/mol. The summed E-state index contributed by atoms with van der Waals surface area (Å²) >= 11 is 5.77. The van der Waals surface area contributed by atoms with Crippen molar-refractivity contribution < 1.29 is 19.1 Å². The van der Waals surface area contributed by atoms with E-state index in [2.05, 4.69) is 10.3 Å². The second kappa shape index (κ2) is 5.66. The summed E-state index contributed by atoms with van der Waals surface area (Å²) in [4.78, 5) is 26.7. The van der Waals surface area contributed by atoms with Crippen molar-refractivity contribution in [3.05, 3.63) is 58.6 Å². The molecule has 0 saturated heterocycles. The van der Waals surface area contributed by atoms with Crippen molar-refractivity contribution in [2.45, 2.75) is 0 Å². The first-order valence-corrected chi connectivity index (χ1v) is 5.81. The molecule has 1 amide bonds. The maximum Gasteiger partial charge on any atom is 0.338 e.